The standard InChI is InChI=1S/C22H27F2N5O2S/c1-28(14-22(8-9-22)32-21(23)24)10-7-17-18(13-30)29(2)27-19(17)20(31)26-12-16-5-3-15(11-25)4-6-16/h3-6,13,17-18,21H,7-10,12,14H2,1-2H3,(H,26,31). The van der Waals surface area contributed by atoms with Crippen LogP contribution in [0, 0.1) is 17.2 Å². The third-order valence-corrected chi connectivity index (χ3v) is 7.11. The second kappa shape index (κ2) is 10.4. The van der Waals surface area contributed by atoms with Crippen molar-refractivity contribution in [3.8, 4) is 6.07 Å². The van der Waals surface area contributed by atoms with Gasteiger partial charge in [-0.05, 0) is 50.6 Å². The Morgan fingerprint density at radius 3 is 2.69 bits per heavy atom. The molecule has 0 radical (unpaired) electrons. The largest absolute Gasteiger partial charge is 0.347 e. The number of hydrazone groups is 1. The van der Waals surface area contributed by atoms with Crippen LogP contribution in [0.2, 0.25) is 0 Å². The molecule has 2 unspecified atom stereocenters. The maximum atomic E-state index is 12.8. The first-order chi connectivity index (χ1) is 15.3. The fourth-order valence-corrected chi connectivity index (χ4v) is 4.99. The van der Waals surface area contributed by atoms with E-state index in [0.29, 0.717) is 30.8 Å². The number of hydrogen-bond donors (Lipinski definition) is 1. The smallest absolute Gasteiger partial charge is 0.285 e. The molecule has 1 amide bonds. The number of benzene rings is 1. The lowest BCUT2D eigenvalue weighted by Gasteiger charge is -2.26. The molecule has 7 nitrogen and oxygen atoms in total. The number of hydrogen-bond acceptors (Lipinski definition) is 7. The van der Waals surface area contributed by atoms with Crippen molar-refractivity contribution in [3.63, 3.8) is 0 Å². The van der Waals surface area contributed by atoms with Gasteiger partial charge >= 0.3 is 0 Å². The van der Waals surface area contributed by atoms with Crippen LogP contribution in [0.4, 0.5) is 8.78 Å². The molecule has 1 saturated carbocycles. The molecule has 0 bridgehead atoms. The second-order valence-electron chi connectivity index (χ2n) is 8.37. The van der Waals surface area contributed by atoms with Crippen LogP contribution in [0.1, 0.15) is 30.4 Å². The lowest BCUT2D eigenvalue weighted by Crippen LogP contribution is -2.41. The van der Waals surface area contributed by atoms with Gasteiger partial charge in [0.2, 0.25) is 0 Å². The Balaban J connectivity index is 1.57. The number of carbonyl (C=O) groups is 2. The van der Waals surface area contributed by atoms with Crippen LogP contribution in [0.15, 0.2) is 29.4 Å². The summed E-state index contributed by atoms with van der Waals surface area (Å²) in [6.07, 6.45) is 2.87. The van der Waals surface area contributed by atoms with Crippen molar-refractivity contribution in [1.29, 1.82) is 5.26 Å². The van der Waals surface area contributed by atoms with E-state index in [9.17, 15) is 18.4 Å². The SMILES string of the molecule is CN(CCC1C(C(=O)NCc2ccc(C#N)cc2)=NN(C)C1C=O)CC1(SC(F)F)CC1. The minimum Gasteiger partial charge on any atom is -0.347 e. The number of nitrogens with zero attached hydrogens (tertiary/aromatic N) is 4. The zero-order valence-electron chi connectivity index (χ0n) is 18.1. The molecule has 32 heavy (non-hydrogen) atoms. The van der Waals surface area contributed by atoms with Crippen LogP contribution in [0.3, 0.4) is 0 Å². The zero-order chi connectivity index (χ0) is 23.3. The summed E-state index contributed by atoms with van der Waals surface area (Å²) in [4.78, 5) is 26.5. The highest BCUT2D eigenvalue weighted by atomic mass is 32.2. The quantitative estimate of drug-likeness (QED) is 0.507. The van der Waals surface area contributed by atoms with Crippen LogP contribution < -0.4 is 5.32 Å². The molecular weight excluding hydrogens is 436 g/mol. The third kappa shape index (κ3) is 6.04. The summed E-state index contributed by atoms with van der Waals surface area (Å²) in [5, 5.41) is 17.5. The van der Waals surface area contributed by atoms with E-state index in [-0.39, 0.29) is 23.1 Å². The highest BCUT2D eigenvalue weighted by Crippen LogP contribution is 2.51. The number of rotatable bonds is 11. The highest BCUT2D eigenvalue weighted by molar-refractivity contribution is 8.01. The molecule has 1 aromatic carbocycles. The number of nitrogens with one attached hydrogen (secondary N) is 1. The molecule has 1 N–H and O–H groups in total. The molecule has 2 aliphatic rings. The Morgan fingerprint density at radius 1 is 1.44 bits per heavy atom. The number of likely N-dealkylation sites (N-methyl/N-ethyl adjacent to an activating group) is 1. The summed E-state index contributed by atoms with van der Waals surface area (Å²) < 4.78 is 25.2. The molecule has 3 rings (SSSR count). The topological polar surface area (TPSA) is 88.8 Å². The van der Waals surface area contributed by atoms with Gasteiger partial charge < -0.3 is 15.0 Å². The van der Waals surface area contributed by atoms with Gasteiger partial charge in [0.25, 0.3) is 11.7 Å². The molecule has 1 aliphatic carbocycles. The Hall–Kier alpha value is -2.51. The first-order valence-electron chi connectivity index (χ1n) is 10.5. The van der Waals surface area contributed by atoms with Crippen LogP contribution in [-0.4, -0.2) is 71.5 Å². The van der Waals surface area contributed by atoms with E-state index < -0.39 is 11.8 Å². The van der Waals surface area contributed by atoms with Crippen LogP contribution in [0.5, 0.6) is 0 Å². The van der Waals surface area contributed by atoms with Gasteiger partial charge in [-0.25, -0.2) is 0 Å². The van der Waals surface area contributed by atoms with Crippen LogP contribution in [-0.2, 0) is 16.1 Å². The van der Waals surface area contributed by atoms with Crippen molar-refractivity contribution >= 4 is 29.7 Å². The normalized spacial score (nSPS) is 21.4. The lowest BCUT2D eigenvalue weighted by atomic mass is 9.92. The van der Waals surface area contributed by atoms with Crippen molar-refractivity contribution in [3.05, 3.63) is 35.4 Å². The predicted molar refractivity (Wildman–Crippen MR) is 119 cm³/mol. The van der Waals surface area contributed by atoms with Gasteiger partial charge in [-0.1, -0.05) is 23.9 Å². The maximum absolute atomic E-state index is 12.8. The molecular formula is C22H27F2N5O2S. The van der Waals surface area contributed by atoms with E-state index in [1.807, 2.05) is 18.0 Å². The fourth-order valence-electron chi connectivity index (χ4n) is 3.98. The molecule has 0 spiro atoms. The summed E-state index contributed by atoms with van der Waals surface area (Å²) in [7, 11) is 3.54. The van der Waals surface area contributed by atoms with E-state index in [1.54, 1.807) is 31.3 Å². The summed E-state index contributed by atoms with van der Waals surface area (Å²) in [6.45, 7) is 1.39. The van der Waals surface area contributed by atoms with Crippen LogP contribution in [0.25, 0.3) is 0 Å². The zero-order valence-corrected chi connectivity index (χ0v) is 18.9. The van der Waals surface area contributed by atoms with Gasteiger partial charge in [-0.2, -0.15) is 19.1 Å². The Morgan fingerprint density at radius 2 is 2.12 bits per heavy atom. The van der Waals surface area contributed by atoms with Gasteiger partial charge in [0.05, 0.1) is 11.6 Å². The summed E-state index contributed by atoms with van der Waals surface area (Å²) in [6, 6.07) is 8.42. The van der Waals surface area contributed by atoms with E-state index in [4.69, 9.17) is 5.26 Å². The van der Waals surface area contributed by atoms with E-state index in [2.05, 4.69) is 10.4 Å². The molecule has 1 fully saturated rings. The highest BCUT2D eigenvalue weighted by Gasteiger charge is 2.46. The number of thioether (sulfide) groups is 1. The average Bonchev–Trinajstić information content (AvgIpc) is 3.42. The Bertz CT molecular complexity index is 899. The first kappa shape index (κ1) is 24.1. The fraction of sp³-hybridized carbons (Fsp3) is 0.545. The minimum atomic E-state index is -2.38. The predicted octanol–water partition coefficient (Wildman–Crippen LogP) is 2.47. The van der Waals surface area contributed by atoms with Crippen molar-refractivity contribution in [2.75, 3.05) is 27.2 Å². The van der Waals surface area contributed by atoms with E-state index in [1.165, 1.54) is 5.01 Å². The van der Waals surface area contributed by atoms with E-state index in [0.717, 1.165) is 36.5 Å². The Kier molecular flexibility index (Phi) is 7.85. The van der Waals surface area contributed by atoms with Gasteiger partial charge in [-0.15, -0.1) is 0 Å². The van der Waals surface area contributed by atoms with Gasteiger partial charge in [-0.3, -0.25) is 9.80 Å². The molecule has 1 heterocycles. The first-order valence-corrected chi connectivity index (χ1v) is 11.3. The van der Waals surface area contributed by atoms with Crippen molar-refractivity contribution < 1.29 is 18.4 Å². The summed E-state index contributed by atoms with van der Waals surface area (Å²) in [5.41, 5.74) is 1.69. The molecule has 2 atom stereocenters. The minimum absolute atomic E-state index is 0.277. The molecule has 10 heteroatoms. The number of aldehydes is 1. The maximum Gasteiger partial charge on any atom is 0.285 e. The molecule has 172 valence electrons. The average molecular weight is 464 g/mol. The van der Waals surface area contributed by atoms with E-state index >= 15 is 0 Å². The molecule has 0 saturated heterocycles. The second-order valence-corrected chi connectivity index (χ2v) is 9.83. The molecule has 0 aromatic heterocycles. The number of nitriles is 1. The number of halogens is 2. The molecule has 1 aromatic rings. The third-order valence-electron chi connectivity index (χ3n) is 5.90. The van der Waals surface area contributed by atoms with Gasteiger partial charge in [0.15, 0.2) is 0 Å². The number of carbonyl (C=O) groups excluding carboxylic acids is 2. The van der Waals surface area contributed by atoms with Gasteiger partial charge in [0, 0.05) is 30.8 Å². The van der Waals surface area contributed by atoms with Crippen molar-refractivity contribution in [2.45, 2.75) is 42.4 Å². The van der Waals surface area contributed by atoms with Crippen molar-refractivity contribution in [1.82, 2.24) is 15.2 Å². The number of alkyl halides is 2. The van der Waals surface area contributed by atoms with Gasteiger partial charge in [0.1, 0.15) is 18.0 Å². The Labute approximate surface area is 190 Å². The van der Waals surface area contributed by atoms with Crippen LogP contribution >= 0.6 is 11.8 Å². The number of amides is 1. The monoisotopic (exact) mass is 463 g/mol. The lowest BCUT2D eigenvalue weighted by molar-refractivity contribution is -0.115. The summed E-state index contributed by atoms with van der Waals surface area (Å²) in [5.74, 6) is -3.10. The summed E-state index contributed by atoms with van der Waals surface area (Å²) >= 11 is 0.727. The molecule has 1 aliphatic heterocycles. The van der Waals surface area contributed by atoms with Crippen molar-refractivity contribution in [2.24, 2.45) is 11.0 Å².